The van der Waals surface area contributed by atoms with Gasteiger partial charge in [-0.25, -0.2) is 13.2 Å². The van der Waals surface area contributed by atoms with E-state index in [1.807, 2.05) is 0 Å². The molecule has 0 heterocycles. The van der Waals surface area contributed by atoms with Gasteiger partial charge >= 0.3 is 0 Å². The van der Waals surface area contributed by atoms with Gasteiger partial charge < -0.3 is 0 Å². The standard InChI is InChI=1S/C12H5F3/c1-2-7-3-4-9-8(5-7)6-10(13)12(15)11(9)14/h1,3-6H. The molecule has 3 heteroatoms. The van der Waals surface area contributed by atoms with Gasteiger partial charge in [0.05, 0.1) is 0 Å². The summed E-state index contributed by atoms with van der Waals surface area (Å²) in [6.45, 7) is 0. The molecule has 74 valence electrons. The van der Waals surface area contributed by atoms with E-state index in [1.165, 1.54) is 18.2 Å². The van der Waals surface area contributed by atoms with Crippen molar-refractivity contribution in [1.82, 2.24) is 0 Å². The maximum atomic E-state index is 13.2. The molecule has 0 amide bonds. The summed E-state index contributed by atoms with van der Waals surface area (Å²) in [6.07, 6.45) is 5.14. The Hall–Kier alpha value is -1.95. The molecule has 0 spiro atoms. The molecule has 0 fully saturated rings. The van der Waals surface area contributed by atoms with Crippen molar-refractivity contribution in [1.29, 1.82) is 0 Å². The van der Waals surface area contributed by atoms with E-state index in [4.69, 9.17) is 6.42 Å². The van der Waals surface area contributed by atoms with Crippen molar-refractivity contribution in [2.75, 3.05) is 0 Å². The first-order chi connectivity index (χ1) is 7.13. The predicted molar refractivity (Wildman–Crippen MR) is 51.8 cm³/mol. The van der Waals surface area contributed by atoms with Gasteiger partial charge in [0.2, 0.25) is 0 Å². The number of rotatable bonds is 0. The summed E-state index contributed by atoms with van der Waals surface area (Å²) in [7, 11) is 0. The number of benzene rings is 2. The van der Waals surface area contributed by atoms with Crippen LogP contribution in [0.25, 0.3) is 10.8 Å². The van der Waals surface area contributed by atoms with E-state index in [-0.39, 0.29) is 10.8 Å². The molecule has 2 rings (SSSR count). The third kappa shape index (κ3) is 1.44. The molecule has 0 atom stereocenters. The zero-order valence-electron chi connectivity index (χ0n) is 7.52. The minimum absolute atomic E-state index is 0.0212. The van der Waals surface area contributed by atoms with Gasteiger partial charge in [0.25, 0.3) is 0 Å². The highest BCUT2D eigenvalue weighted by molar-refractivity contribution is 5.84. The van der Waals surface area contributed by atoms with E-state index < -0.39 is 17.5 Å². The summed E-state index contributed by atoms with van der Waals surface area (Å²) in [5.74, 6) is -1.53. The fourth-order valence-electron chi connectivity index (χ4n) is 1.39. The summed E-state index contributed by atoms with van der Waals surface area (Å²) in [5, 5.41) is 0.273. The second-order valence-corrected chi connectivity index (χ2v) is 3.07. The van der Waals surface area contributed by atoms with Crippen LogP contribution in [0.5, 0.6) is 0 Å². The van der Waals surface area contributed by atoms with Gasteiger partial charge in [-0.15, -0.1) is 6.42 Å². The molecule has 2 aromatic carbocycles. The Labute approximate surface area is 84.3 Å². The van der Waals surface area contributed by atoms with Crippen molar-refractivity contribution in [3.8, 4) is 12.3 Å². The van der Waals surface area contributed by atoms with Crippen LogP contribution in [0.15, 0.2) is 24.3 Å². The normalized spacial score (nSPS) is 10.3. The van der Waals surface area contributed by atoms with Gasteiger partial charge in [0, 0.05) is 10.9 Å². The quantitative estimate of drug-likeness (QED) is 0.458. The largest absolute Gasteiger partial charge is 0.204 e. The Bertz CT molecular complexity index is 579. The van der Waals surface area contributed by atoms with Crippen LogP contribution in [0, 0.1) is 29.8 Å². The average Bonchev–Trinajstić information content (AvgIpc) is 2.25. The lowest BCUT2D eigenvalue weighted by molar-refractivity contribution is 0.453. The first-order valence-electron chi connectivity index (χ1n) is 4.17. The molecule has 0 aliphatic rings. The van der Waals surface area contributed by atoms with E-state index in [2.05, 4.69) is 5.92 Å². The molecule has 0 aliphatic heterocycles. The number of hydrogen-bond acceptors (Lipinski definition) is 0. The Morgan fingerprint density at radius 3 is 2.40 bits per heavy atom. The van der Waals surface area contributed by atoms with Crippen molar-refractivity contribution in [2.24, 2.45) is 0 Å². The Balaban J connectivity index is 2.87. The van der Waals surface area contributed by atoms with Crippen molar-refractivity contribution >= 4 is 10.8 Å². The van der Waals surface area contributed by atoms with Gasteiger partial charge in [0.15, 0.2) is 17.5 Å². The first kappa shape index (κ1) is 9.60. The van der Waals surface area contributed by atoms with Crippen LogP contribution in [-0.4, -0.2) is 0 Å². The zero-order chi connectivity index (χ0) is 11.0. The summed E-state index contributed by atoms with van der Waals surface area (Å²) in [6, 6.07) is 5.17. The SMILES string of the molecule is C#Cc1ccc2c(F)c(F)c(F)cc2c1. The first-order valence-corrected chi connectivity index (χ1v) is 4.17. The van der Waals surface area contributed by atoms with Crippen LogP contribution >= 0.6 is 0 Å². The fraction of sp³-hybridized carbons (Fsp3) is 0. The molecule has 0 aliphatic carbocycles. The van der Waals surface area contributed by atoms with E-state index in [0.29, 0.717) is 5.56 Å². The predicted octanol–water partition coefficient (Wildman–Crippen LogP) is 3.24. The van der Waals surface area contributed by atoms with Gasteiger partial charge in [-0.1, -0.05) is 12.0 Å². The number of fused-ring (bicyclic) bond motifs is 1. The van der Waals surface area contributed by atoms with Crippen LogP contribution in [0.1, 0.15) is 5.56 Å². The third-order valence-corrected chi connectivity index (χ3v) is 2.14. The molecule has 0 bridgehead atoms. The second kappa shape index (κ2) is 3.32. The summed E-state index contributed by atoms with van der Waals surface area (Å²) < 4.78 is 39.0. The summed E-state index contributed by atoms with van der Waals surface area (Å²) >= 11 is 0. The van der Waals surface area contributed by atoms with Crippen LogP contribution < -0.4 is 0 Å². The molecular weight excluding hydrogens is 201 g/mol. The van der Waals surface area contributed by atoms with Gasteiger partial charge in [0.1, 0.15) is 0 Å². The van der Waals surface area contributed by atoms with E-state index in [1.54, 1.807) is 0 Å². The fourth-order valence-corrected chi connectivity index (χ4v) is 1.39. The molecule has 0 N–H and O–H groups in total. The van der Waals surface area contributed by atoms with Crippen molar-refractivity contribution in [3.63, 3.8) is 0 Å². The minimum Gasteiger partial charge on any atom is -0.204 e. The molecule has 0 saturated carbocycles. The molecule has 0 unspecified atom stereocenters. The lowest BCUT2D eigenvalue weighted by Crippen LogP contribution is -1.92. The lowest BCUT2D eigenvalue weighted by atomic mass is 10.1. The Morgan fingerprint density at radius 1 is 1.00 bits per heavy atom. The summed E-state index contributed by atoms with van der Waals surface area (Å²) in [5.41, 5.74) is 0.493. The van der Waals surface area contributed by atoms with Crippen LogP contribution in [0.4, 0.5) is 13.2 Å². The molecule has 0 radical (unpaired) electrons. The molecule has 15 heavy (non-hydrogen) atoms. The molecular formula is C12H5F3. The van der Waals surface area contributed by atoms with Gasteiger partial charge in [-0.2, -0.15) is 0 Å². The molecule has 2 aromatic rings. The van der Waals surface area contributed by atoms with Gasteiger partial charge in [-0.05, 0) is 23.6 Å². The Kier molecular flexibility index (Phi) is 2.12. The van der Waals surface area contributed by atoms with Crippen LogP contribution in [-0.2, 0) is 0 Å². The van der Waals surface area contributed by atoms with E-state index in [0.717, 1.165) is 6.07 Å². The Morgan fingerprint density at radius 2 is 1.73 bits per heavy atom. The highest BCUT2D eigenvalue weighted by atomic mass is 19.2. The second-order valence-electron chi connectivity index (χ2n) is 3.07. The highest BCUT2D eigenvalue weighted by Crippen LogP contribution is 2.23. The maximum Gasteiger partial charge on any atom is 0.195 e. The average molecular weight is 206 g/mol. The van der Waals surface area contributed by atoms with Crippen molar-refractivity contribution in [2.45, 2.75) is 0 Å². The lowest BCUT2D eigenvalue weighted by Gasteiger charge is -2.02. The zero-order valence-corrected chi connectivity index (χ0v) is 7.52. The minimum atomic E-state index is -1.46. The smallest absolute Gasteiger partial charge is 0.195 e. The van der Waals surface area contributed by atoms with Crippen LogP contribution in [0.2, 0.25) is 0 Å². The summed E-state index contributed by atoms with van der Waals surface area (Å²) in [4.78, 5) is 0. The van der Waals surface area contributed by atoms with Crippen molar-refractivity contribution in [3.05, 3.63) is 47.3 Å². The maximum absolute atomic E-state index is 13.2. The van der Waals surface area contributed by atoms with E-state index >= 15 is 0 Å². The number of terminal acetylenes is 1. The third-order valence-electron chi connectivity index (χ3n) is 2.14. The number of hydrogen-bond donors (Lipinski definition) is 0. The molecule has 0 aromatic heterocycles. The van der Waals surface area contributed by atoms with Gasteiger partial charge in [-0.3, -0.25) is 0 Å². The highest BCUT2D eigenvalue weighted by Gasteiger charge is 2.12. The number of halogens is 3. The molecule has 0 nitrogen and oxygen atoms in total. The van der Waals surface area contributed by atoms with Crippen LogP contribution in [0.3, 0.4) is 0 Å². The van der Waals surface area contributed by atoms with E-state index in [9.17, 15) is 13.2 Å². The van der Waals surface area contributed by atoms with Crippen molar-refractivity contribution < 1.29 is 13.2 Å². The monoisotopic (exact) mass is 206 g/mol. The topological polar surface area (TPSA) is 0 Å². The molecule has 0 saturated heterocycles.